The molecule has 0 radical (unpaired) electrons. The molecule has 128 valence electrons. The van der Waals surface area contributed by atoms with E-state index >= 15 is 0 Å². The van der Waals surface area contributed by atoms with E-state index in [1.54, 1.807) is 0 Å². The van der Waals surface area contributed by atoms with Crippen LogP contribution >= 0.6 is 0 Å². The van der Waals surface area contributed by atoms with E-state index in [0.717, 1.165) is 29.6 Å². The van der Waals surface area contributed by atoms with Gasteiger partial charge in [-0.2, -0.15) is 0 Å². The number of fused-ring (bicyclic) bond motifs is 9. The van der Waals surface area contributed by atoms with E-state index in [9.17, 15) is 0 Å². The molecule has 4 saturated carbocycles. The fourth-order valence-electron chi connectivity index (χ4n) is 7.34. The zero-order valence-corrected chi connectivity index (χ0v) is 14.7. The van der Waals surface area contributed by atoms with Crippen LogP contribution in [0.2, 0.25) is 0 Å². The summed E-state index contributed by atoms with van der Waals surface area (Å²) in [6.07, 6.45) is 16.6. The van der Waals surface area contributed by atoms with E-state index < -0.39 is 0 Å². The van der Waals surface area contributed by atoms with Crippen molar-refractivity contribution in [3.8, 4) is 0 Å². The van der Waals surface area contributed by atoms with Crippen LogP contribution in [0.4, 0.5) is 0 Å². The van der Waals surface area contributed by atoms with Gasteiger partial charge in [-0.25, -0.2) is 0 Å². The van der Waals surface area contributed by atoms with Crippen LogP contribution in [0.25, 0.3) is 0 Å². The summed E-state index contributed by atoms with van der Waals surface area (Å²) in [6.45, 7) is 4.73. The normalized spacial score (nSPS) is 52.3. The summed E-state index contributed by atoms with van der Waals surface area (Å²) in [5, 5.41) is 0. The molecule has 5 aliphatic carbocycles. The van der Waals surface area contributed by atoms with Gasteiger partial charge in [-0.1, -0.05) is 38.3 Å². The zero-order valence-electron chi connectivity index (χ0n) is 14.7. The lowest BCUT2D eigenvalue weighted by atomic mass is 9.61. The predicted molar refractivity (Wildman–Crippen MR) is 90.8 cm³/mol. The molecule has 0 heterocycles. The van der Waals surface area contributed by atoms with Crippen molar-refractivity contribution in [2.24, 2.45) is 35.0 Å². The molecular formula is C21H32O2. The maximum Gasteiger partial charge on any atom is 0.155 e. The van der Waals surface area contributed by atoms with Gasteiger partial charge in [0, 0.05) is 0 Å². The van der Waals surface area contributed by atoms with Crippen LogP contribution in [0.15, 0.2) is 12.2 Å². The number of hydrogen-bond donors (Lipinski definition) is 0. The lowest BCUT2D eigenvalue weighted by Gasteiger charge is -2.45. The fourth-order valence-corrected chi connectivity index (χ4v) is 7.34. The van der Waals surface area contributed by atoms with Crippen molar-refractivity contribution in [2.45, 2.75) is 83.7 Å². The third-order valence-electron chi connectivity index (χ3n) is 8.29. The Balaban J connectivity index is 1.23. The van der Waals surface area contributed by atoms with E-state index in [1.165, 1.54) is 51.4 Å². The Morgan fingerprint density at radius 2 is 1.83 bits per heavy atom. The highest BCUT2D eigenvalue weighted by molar-refractivity contribution is 5.25. The molecule has 0 aromatic rings. The third kappa shape index (κ3) is 2.13. The van der Waals surface area contributed by atoms with Gasteiger partial charge in [0.05, 0.1) is 12.2 Å². The van der Waals surface area contributed by atoms with Gasteiger partial charge in [0.1, 0.15) is 0 Å². The van der Waals surface area contributed by atoms with Gasteiger partial charge in [-0.15, -0.1) is 0 Å². The molecule has 23 heavy (non-hydrogen) atoms. The SMILES string of the molecule is CC(OC1CCCCC1)OC1CC2CC1C1C3C=CC(C3)C21C. The topological polar surface area (TPSA) is 18.5 Å². The fraction of sp³-hybridized carbons (Fsp3) is 0.905. The third-order valence-corrected chi connectivity index (χ3v) is 8.29. The first-order chi connectivity index (χ1) is 11.2. The Morgan fingerprint density at radius 1 is 1.00 bits per heavy atom. The predicted octanol–water partition coefficient (Wildman–Crippen LogP) is 4.94. The van der Waals surface area contributed by atoms with Gasteiger partial charge in [-0.05, 0) is 74.0 Å². The first kappa shape index (κ1) is 15.0. The van der Waals surface area contributed by atoms with Crippen molar-refractivity contribution >= 4 is 0 Å². The zero-order chi connectivity index (χ0) is 15.6. The second kappa shape index (κ2) is 5.33. The van der Waals surface area contributed by atoms with E-state index in [0.29, 0.717) is 17.6 Å². The molecule has 5 rings (SSSR count). The summed E-state index contributed by atoms with van der Waals surface area (Å²) >= 11 is 0. The Morgan fingerprint density at radius 3 is 2.65 bits per heavy atom. The van der Waals surface area contributed by atoms with Gasteiger partial charge in [0.15, 0.2) is 6.29 Å². The van der Waals surface area contributed by atoms with Crippen molar-refractivity contribution in [1.29, 1.82) is 0 Å². The van der Waals surface area contributed by atoms with Crippen LogP contribution in [0.3, 0.4) is 0 Å². The summed E-state index contributed by atoms with van der Waals surface area (Å²) in [7, 11) is 0. The monoisotopic (exact) mass is 316 g/mol. The second-order valence-electron chi connectivity index (χ2n) is 9.25. The minimum atomic E-state index is -0.0113. The molecule has 5 aliphatic rings. The van der Waals surface area contributed by atoms with Crippen LogP contribution in [0, 0.1) is 35.0 Å². The maximum absolute atomic E-state index is 6.46. The van der Waals surface area contributed by atoms with Crippen molar-refractivity contribution in [3.05, 3.63) is 12.2 Å². The molecule has 8 atom stereocenters. The standard InChI is InChI=1S/C21H32O2/c1-13(22-17-6-4-3-5-7-17)23-19-12-16-11-18(19)20-14-8-9-15(10-14)21(16,20)2/h8-9,13-20H,3-7,10-12H2,1-2H3. The molecule has 2 heteroatoms. The van der Waals surface area contributed by atoms with Crippen LogP contribution in [-0.2, 0) is 9.47 Å². The molecule has 0 aliphatic heterocycles. The van der Waals surface area contributed by atoms with E-state index in [-0.39, 0.29) is 6.29 Å². The first-order valence-corrected chi connectivity index (χ1v) is 10.2. The highest BCUT2D eigenvalue weighted by atomic mass is 16.7. The number of hydrogen-bond acceptors (Lipinski definition) is 2. The molecule has 0 spiro atoms. The minimum absolute atomic E-state index is 0.0113. The van der Waals surface area contributed by atoms with Gasteiger partial charge < -0.3 is 9.47 Å². The lowest BCUT2D eigenvalue weighted by Crippen LogP contribution is -2.43. The maximum atomic E-state index is 6.46. The lowest BCUT2D eigenvalue weighted by molar-refractivity contribution is -0.206. The summed E-state index contributed by atoms with van der Waals surface area (Å²) in [4.78, 5) is 0. The number of rotatable bonds is 4. The van der Waals surface area contributed by atoms with Crippen LogP contribution in [-0.4, -0.2) is 18.5 Å². The van der Waals surface area contributed by atoms with E-state index in [4.69, 9.17) is 9.47 Å². The van der Waals surface area contributed by atoms with Crippen molar-refractivity contribution in [3.63, 3.8) is 0 Å². The molecule has 4 fully saturated rings. The molecule has 0 saturated heterocycles. The molecule has 0 aromatic heterocycles. The molecule has 0 aromatic carbocycles. The van der Waals surface area contributed by atoms with Gasteiger partial charge in [-0.3, -0.25) is 0 Å². The second-order valence-corrected chi connectivity index (χ2v) is 9.25. The van der Waals surface area contributed by atoms with Crippen molar-refractivity contribution in [1.82, 2.24) is 0 Å². The molecule has 8 unspecified atom stereocenters. The van der Waals surface area contributed by atoms with E-state index in [1.807, 2.05) is 0 Å². The Hall–Kier alpha value is -0.340. The quantitative estimate of drug-likeness (QED) is 0.416. The number of ether oxygens (including phenoxy) is 2. The molecule has 0 amide bonds. The summed E-state index contributed by atoms with van der Waals surface area (Å²) < 4.78 is 12.7. The molecule has 0 N–H and O–H groups in total. The van der Waals surface area contributed by atoms with Crippen LogP contribution in [0.5, 0.6) is 0 Å². The van der Waals surface area contributed by atoms with Gasteiger partial charge in [0.2, 0.25) is 0 Å². The average Bonchev–Trinajstić information content (AvgIpc) is 3.26. The average molecular weight is 316 g/mol. The van der Waals surface area contributed by atoms with Crippen LogP contribution in [0.1, 0.15) is 65.2 Å². The number of allylic oxidation sites excluding steroid dienone is 2. The summed E-state index contributed by atoms with van der Waals surface area (Å²) in [6, 6.07) is 0. The molecule has 4 bridgehead atoms. The van der Waals surface area contributed by atoms with Gasteiger partial charge >= 0.3 is 0 Å². The van der Waals surface area contributed by atoms with Crippen molar-refractivity contribution in [2.75, 3.05) is 0 Å². The smallest absolute Gasteiger partial charge is 0.155 e. The van der Waals surface area contributed by atoms with Gasteiger partial charge in [0.25, 0.3) is 0 Å². The van der Waals surface area contributed by atoms with E-state index in [2.05, 4.69) is 26.0 Å². The molecule has 2 nitrogen and oxygen atoms in total. The molecular weight excluding hydrogens is 284 g/mol. The van der Waals surface area contributed by atoms with Crippen LogP contribution < -0.4 is 0 Å². The first-order valence-electron chi connectivity index (χ1n) is 10.2. The Kier molecular flexibility index (Phi) is 3.46. The minimum Gasteiger partial charge on any atom is -0.350 e. The Bertz CT molecular complexity index is 494. The van der Waals surface area contributed by atoms with Crippen molar-refractivity contribution < 1.29 is 9.47 Å². The summed E-state index contributed by atoms with van der Waals surface area (Å²) in [5.41, 5.74) is 0.595. The highest BCUT2D eigenvalue weighted by Gasteiger charge is 2.67. The largest absolute Gasteiger partial charge is 0.350 e. The summed E-state index contributed by atoms with van der Waals surface area (Å²) in [5.74, 6) is 4.29. The highest BCUT2D eigenvalue weighted by Crippen LogP contribution is 2.72. The Labute approximate surface area is 141 Å².